The number of allylic oxidation sites excluding steroid dienone is 1. The van der Waals surface area contributed by atoms with E-state index >= 15 is 0 Å². The molecule has 1 unspecified atom stereocenters. The topological polar surface area (TPSA) is 12.9 Å². The average molecular weight is 610 g/mol. The van der Waals surface area contributed by atoms with Gasteiger partial charge in [0.25, 0.3) is 0 Å². The standard InChI is InChI=1S/C47H31N/c1-4-15-30(16-5-1)42-37-23-12-13-24-38(37)43(31-17-6-2-7-18-31)46-40-28-27-35(36-25-14-26-39(44(36)40)45(42)46)41-29-33-21-10-11-22-34(33)47(48-41)32-19-8-3-9-20-32/h1-27,29,40H,28H2. The third-order valence-electron chi connectivity index (χ3n) is 10.4. The zero-order chi connectivity index (χ0) is 31.6. The molecule has 1 heterocycles. The zero-order valence-corrected chi connectivity index (χ0v) is 26.4. The predicted octanol–water partition coefficient (Wildman–Crippen LogP) is 12.3. The second-order valence-corrected chi connectivity index (χ2v) is 12.9. The monoisotopic (exact) mass is 609 g/mol. The van der Waals surface area contributed by atoms with Crippen molar-refractivity contribution >= 4 is 27.1 Å². The molecule has 0 fully saturated rings. The lowest BCUT2D eigenvalue weighted by atomic mass is 9.78. The number of hydrogen-bond donors (Lipinski definition) is 0. The Labute approximate surface area is 280 Å². The first-order chi connectivity index (χ1) is 23.8. The van der Waals surface area contributed by atoms with Crippen LogP contribution >= 0.6 is 0 Å². The van der Waals surface area contributed by atoms with Crippen LogP contribution in [0.3, 0.4) is 0 Å². The maximum atomic E-state index is 5.42. The molecule has 7 aromatic carbocycles. The summed E-state index contributed by atoms with van der Waals surface area (Å²) in [7, 11) is 0. The Morgan fingerprint density at radius 1 is 0.438 bits per heavy atom. The maximum absolute atomic E-state index is 5.42. The molecule has 1 nitrogen and oxygen atoms in total. The normalized spacial score (nSPS) is 14.5. The molecule has 224 valence electrons. The highest BCUT2D eigenvalue weighted by molar-refractivity contribution is 6.15. The molecule has 8 aromatic rings. The largest absolute Gasteiger partial charge is 0.247 e. The van der Waals surface area contributed by atoms with E-state index in [1.807, 2.05) is 0 Å². The fourth-order valence-electron chi connectivity index (χ4n) is 8.42. The second-order valence-electron chi connectivity index (χ2n) is 12.9. The van der Waals surface area contributed by atoms with Crippen molar-refractivity contribution in [3.05, 3.63) is 192 Å². The third kappa shape index (κ3) is 4.01. The molecule has 0 saturated heterocycles. The summed E-state index contributed by atoms with van der Waals surface area (Å²) in [6.07, 6.45) is 3.39. The van der Waals surface area contributed by atoms with Crippen molar-refractivity contribution in [2.75, 3.05) is 0 Å². The van der Waals surface area contributed by atoms with Crippen molar-refractivity contribution < 1.29 is 0 Å². The fourth-order valence-corrected chi connectivity index (χ4v) is 8.42. The van der Waals surface area contributed by atoms with Crippen molar-refractivity contribution in [2.24, 2.45) is 0 Å². The SMILES string of the molecule is C1=C(c2cc3ccccc3c(-c3ccccc3)n2)c2cccc3c2C(C1)c1c-3c(-c2ccccc2)c2ccccc2c1-c1ccccc1. The summed E-state index contributed by atoms with van der Waals surface area (Å²) < 4.78 is 0. The Kier molecular flexibility index (Phi) is 6.07. The molecule has 0 N–H and O–H groups in total. The van der Waals surface area contributed by atoms with Gasteiger partial charge in [0.05, 0.1) is 11.4 Å². The van der Waals surface area contributed by atoms with Crippen LogP contribution in [0.4, 0.5) is 0 Å². The maximum Gasteiger partial charge on any atom is 0.0787 e. The van der Waals surface area contributed by atoms with Gasteiger partial charge < -0.3 is 0 Å². The van der Waals surface area contributed by atoms with Gasteiger partial charge in [0, 0.05) is 22.4 Å². The molecule has 0 radical (unpaired) electrons. The number of pyridine rings is 1. The van der Waals surface area contributed by atoms with Gasteiger partial charge in [-0.15, -0.1) is 0 Å². The Balaban J connectivity index is 1.26. The molecule has 1 aromatic heterocycles. The number of benzene rings is 7. The number of aromatic nitrogens is 1. The summed E-state index contributed by atoms with van der Waals surface area (Å²) in [5, 5.41) is 5.01. The van der Waals surface area contributed by atoms with E-state index in [9.17, 15) is 0 Å². The smallest absolute Gasteiger partial charge is 0.0787 e. The Bertz CT molecular complexity index is 2560. The van der Waals surface area contributed by atoms with Crippen LogP contribution in [0, 0.1) is 0 Å². The Morgan fingerprint density at radius 2 is 1.00 bits per heavy atom. The van der Waals surface area contributed by atoms with Gasteiger partial charge in [0.1, 0.15) is 0 Å². The summed E-state index contributed by atoms with van der Waals surface area (Å²) in [4.78, 5) is 5.42. The van der Waals surface area contributed by atoms with Crippen molar-refractivity contribution in [3.8, 4) is 44.6 Å². The number of rotatable bonds is 4. The minimum atomic E-state index is 0.256. The van der Waals surface area contributed by atoms with Gasteiger partial charge in [-0.25, -0.2) is 4.98 Å². The summed E-state index contributed by atoms with van der Waals surface area (Å²) in [5.41, 5.74) is 16.6. The van der Waals surface area contributed by atoms with Crippen LogP contribution in [0.1, 0.15) is 34.7 Å². The van der Waals surface area contributed by atoms with Crippen molar-refractivity contribution in [3.63, 3.8) is 0 Å². The second kappa shape index (κ2) is 10.8. The van der Waals surface area contributed by atoms with Crippen LogP contribution in [0.15, 0.2) is 170 Å². The van der Waals surface area contributed by atoms with Crippen LogP contribution in [-0.4, -0.2) is 4.98 Å². The van der Waals surface area contributed by atoms with E-state index in [2.05, 4.69) is 170 Å². The third-order valence-corrected chi connectivity index (χ3v) is 10.4. The van der Waals surface area contributed by atoms with E-state index in [4.69, 9.17) is 4.98 Å². The molecule has 0 aliphatic heterocycles. The van der Waals surface area contributed by atoms with E-state index in [-0.39, 0.29) is 5.92 Å². The van der Waals surface area contributed by atoms with Gasteiger partial charge in [0.15, 0.2) is 0 Å². The van der Waals surface area contributed by atoms with Gasteiger partial charge >= 0.3 is 0 Å². The first-order valence-electron chi connectivity index (χ1n) is 16.8. The molecule has 1 atom stereocenters. The van der Waals surface area contributed by atoms with Crippen LogP contribution < -0.4 is 0 Å². The number of nitrogens with zero attached hydrogens (tertiary/aromatic N) is 1. The average Bonchev–Trinajstić information content (AvgIpc) is 3.49. The van der Waals surface area contributed by atoms with Crippen molar-refractivity contribution in [1.29, 1.82) is 0 Å². The Morgan fingerprint density at radius 3 is 1.71 bits per heavy atom. The minimum absolute atomic E-state index is 0.256. The lowest BCUT2D eigenvalue weighted by molar-refractivity contribution is 0.841. The van der Waals surface area contributed by atoms with E-state index in [0.29, 0.717) is 0 Å². The Hall–Kier alpha value is -6.05. The lowest BCUT2D eigenvalue weighted by Crippen LogP contribution is -2.08. The first-order valence-corrected chi connectivity index (χ1v) is 16.8. The van der Waals surface area contributed by atoms with Gasteiger partial charge in [-0.05, 0) is 78.7 Å². The van der Waals surface area contributed by atoms with E-state index in [1.54, 1.807) is 0 Å². The summed E-state index contributed by atoms with van der Waals surface area (Å²) >= 11 is 0. The summed E-state index contributed by atoms with van der Waals surface area (Å²) in [6, 6.07) is 59.5. The molecule has 2 aliphatic rings. The van der Waals surface area contributed by atoms with Crippen LogP contribution in [-0.2, 0) is 0 Å². The van der Waals surface area contributed by atoms with Gasteiger partial charge in [-0.2, -0.15) is 0 Å². The lowest BCUT2D eigenvalue weighted by Gasteiger charge is -2.26. The minimum Gasteiger partial charge on any atom is -0.247 e. The van der Waals surface area contributed by atoms with Crippen LogP contribution in [0.2, 0.25) is 0 Å². The fraction of sp³-hybridized carbons (Fsp3) is 0.0426. The summed E-state index contributed by atoms with van der Waals surface area (Å²) in [5.74, 6) is 0.256. The molecule has 10 rings (SSSR count). The molecule has 0 saturated carbocycles. The molecule has 2 aliphatic carbocycles. The van der Waals surface area contributed by atoms with Crippen molar-refractivity contribution in [2.45, 2.75) is 12.3 Å². The van der Waals surface area contributed by atoms with E-state index in [1.165, 1.54) is 77.2 Å². The highest BCUT2D eigenvalue weighted by atomic mass is 14.7. The van der Waals surface area contributed by atoms with Gasteiger partial charge in [-0.1, -0.05) is 164 Å². The molecule has 0 bridgehead atoms. The van der Waals surface area contributed by atoms with Gasteiger partial charge in [0.2, 0.25) is 0 Å². The summed E-state index contributed by atoms with van der Waals surface area (Å²) in [6.45, 7) is 0. The molecular formula is C47H31N. The highest BCUT2D eigenvalue weighted by Gasteiger charge is 2.39. The quantitative estimate of drug-likeness (QED) is 0.193. The predicted molar refractivity (Wildman–Crippen MR) is 201 cm³/mol. The first kappa shape index (κ1) is 27.1. The zero-order valence-electron chi connectivity index (χ0n) is 26.4. The molecule has 1 heteroatoms. The number of fused-ring (bicyclic) bond motifs is 5. The molecule has 48 heavy (non-hydrogen) atoms. The number of hydrogen-bond acceptors (Lipinski definition) is 1. The molecule has 0 amide bonds. The van der Waals surface area contributed by atoms with Crippen LogP contribution in [0.5, 0.6) is 0 Å². The van der Waals surface area contributed by atoms with Gasteiger partial charge in [-0.3, -0.25) is 0 Å². The van der Waals surface area contributed by atoms with E-state index < -0.39 is 0 Å². The molecule has 0 spiro atoms. The highest BCUT2D eigenvalue weighted by Crippen LogP contribution is 2.60. The van der Waals surface area contributed by atoms with Crippen LogP contribution in [0.25, 0.3) is 71.8 Å². The van der Waals surface area contributed by atoms with E-state index in [0.717, 1.165) is 23.4 Å². The van der Waals surface area contributed by atoms with Crippen molar-refractivity contribution in [1.82, 2.24) is 4.98 Å². The molecular weight excluding hydrogens is 579 g/mol.